The Balaban J connectivity index is 1.99. The Hall–Kier alpha value is -0.370. The summed E-state index contributed by atoms with van der Waals surface area (Å²) in [5, 5.41) is 0. The van der Waals surface area contributed by atoms with Gasteiger partial charge < -0.3 is 0 Å². The third kappa shape index (κ3) is 1.85. The molecule has 14 heavy (non-hydrogen) atoms. The van der Waals surface area contributed by atoms with Crippen LogP contribution in [0.2, 0.25) is 0 Å². The Kier molecular flexibility index (Phi) is 2.91. The average Bonchev–Trinajstić information content (AvgIpc) is 2.36. The largest absolute Gasteiger partial charge is 0.300 e. The molecule has 0 radical (unpaired) electrons. The zero-order chi connectivity index (χ0) is 10.1. The lowest BCUT2D eigenvalue weighted by Gasteiger charge is -2.39. The van der Waals surface area contributed by atoms with Crippen LogP contribution in [0.1, 0.15) is 52.4 Å². The topological polar surface area (TPSA) is 20.3 Å². The molecule has 2 nitrogen and oxygen atoms in total. The van der Waals surface area contributed by atoms with Gasteiger partial charge in [-0.1, -0.05) is 6.42 Å². The Morgan fingerprint density at radius 1 is 1.29 bits per heavy atom. The quantitative estimate of drug-likeness (QED) is 0.689. The number of rotatable bonds is 3. The van der Waals surface area contributed by atoms with Gasteiger partial charge in [-0.25, -0.2) is 0 Å². The van der Waals surface area contributed by atoms with Gasteiger partial charge in [-0.3, -0.25) is 9.69 Å². The van der Waals surface area contributed by atoms with E-state index in [0.717, 1.165) is 18.5 Å². The maximum Gasteiger partial charge on any atom is 0.131 e. The minimum atomic E-state index is 0.336. The molecule has 2 fully saturated rings. The molecule has 2 heterocycles. The first kappa shape index (κ1) is 10.2. The lowest BCUT2D eigenvalue weighted by atomic mass is 9.99. The van der Waals surface area contributed by atoms with Crippen LogP contribution in [-0.4, -0.2) is 28.8 Å². The molecule has 2 aliphatic heterocycles. The van der Waals surface area contributed by atoms with E-state index >= 15 is 0 Å². The van der Waals surface area contributed by atoms with E-state index in [1.807, 2.05) is 0 Å². The van der Waals surface area contributed by atoms with Crippen molar-refractivity contribution >= 4 is 5.78 Å². The van der Waals surface area contributed by atoms with Crippen molar-refractivity contribution in [2.45, 2.75) is 70.5 Å². The molecule has 2 heteroatoms. The predicted molar refractivity (Wildman–Crippen MR) is 57.3 cm³/mol. The summed E-state index contributed by atoms with van der Waals surface area (Å²) in [6, 6.07) is 2.07. The van der Waals surface area contributed by atoms with Gasteiger partial charge in [0.05, 0.1) is 0 Å². The smallest absolute Gasteiger partial charge is 0.131 e. The second kappa shape index (κ2) is 4.01. The standard InChI is InChI=1S/C12H21NO/c1-9(8-10(2)14)13-11-4-3-5-12(13)7-6-11/h9,11-12H,3-8H2,1-2H3. The number of Topliss-reactive ketones (excluding diaryl/α,β-unsaturated/α-hetero) is 1. The summed E-state index contributed by atoms with van der Waals surface area (Å²) in [4.78, 5) is 13.7. The lowest BCUT2D eigenvalue weighted by molar-refractivity contribution is -0.118. The van der Waals surface area contributed by atoms with Crippen LogP contribution >= 0.6 is 0 Å². The summed E-state index contributed by atoms with van der Waals surface area (Å²) < 4.78 is 0. The summed E-state index contributed by atoms with van der Waals surface area (Å²) in [7, 11) is 0. The third-order valence-electron chi connectivity index (χ3n) is 3.84. The van der Waals surface area contributed by atoms with Crippen LogP contribution in [-0.2, 0) is 4.79 Å². The molecule has 0 spiro atoms. The minimum Gasteiger partial charge on any atom is -0.300 e. The van der Waals surface area contributed by atoms with Crippen molar-refractivity contribution in [2.75, 3.05) is 0 Å². The van der Waals surface area contributed by atoms with E-state index in [4.69, 9.17) is 0 Å². The molecule has 0 aromatic carbocycles. The Morgan fingerprint density at radius 3 is 2.36 bits per heavy atom. The van der Waals surface area contributed by atoms with Gasteiger partial charge in [-0.15, -0.1) is 0 Å². The SMILES string of the molecule is CC(=O)CC(C)N1C2CCCC1CC2. The second-order valence-electron chi connectivity index (χ2n) is 5.02. The molecule has 3 unspecified atom stereocenters. The Labute approximate surface area is 86.7 Å². The van der Waals surface area contributed by atoms with Gasteiger partial charge in [0.25, 0.3) is 0 Å². The average molecular weight is 195 g/mol. The van der Waals surface area contributed by atoms with Gasteiger partial charge in [0.1, 0.15) is 5.78 Å². The Bertz CT molecular complexity index is 210. The highest BCUT2D eigenvalue weighted by Gasteiger charge is 2.38. The fourth-order valence-electron chi connectivity index (χ4n) is 3.40. The predicted octanol–water partition coefficient (Wildman–Crippen LogP) is 2.37. The highest BCUT2D eigenvalue weighted by atomic mass is 16.1. The highest BCUT2D eigenvalue weighted by molar-refractivity contribution is 5.76. The number of hydrogen-bond donors (Lipinski definition) is 0. The summed E-state index contributed by atoms with van der Waals surface area (Å²) in [6.45, 7) is 3.93. The molecule has 0 amide bonds. The first-order chi connectivity index (χ1) is 6.68. The Morgan fingerprint density at radius 2 is 1.86 bits per heavy atom. The monoisotopic (exact) mass is 195 g/mol. The number of fused-ring (bicyclic) bond motifs is 2. The van der Waals surface area contributed by atoms with Crippen LogP contribution in [0.15, 0.2) is 0 Å². The minimum absolute atomic E-state index is 0.336. The van der Waals surface area contributed by atoms with Crippen molar-refractivity contribution in [3.63, 3.8) is 0 Å². The van der Waals surface area contributed by atoms with E-state index in [1.165, 1.54) is 32.1 Å². The molecule has 0 aliphatic carbocycles. The van der Waals surface area contributed by atoms with Gasteiger partial charge in [0, 0.05) is 24.5 Å². The van der Waals surface area contributed by atoms with Crippen LogP contribution in [0.4, 0.5) is 0 Å². The zero-order valence-corrected chi connectivity index (χ0v) is 9.33. The molecule has 2 aliphatic rings. The van der Waals surface area contributed by atoms with Crippen molar-refractivity contribution in [3.8, 4) is 0 Å². The van der Waals surface area contributed by atoms with Crippen molar-refractivity contribution in [1.29, 1.82) is 0 Å². The number of nitrogens with zero attached hydrogens (tertiary/aromatic N) is 1. The van der Waals surface area contributed by atoms with Gasteiger partial charge >= 0.3 is 0 Å². The van der Waals surface area contributed by atoms with Crippen molar-refractivity contribution in [2.24, 2.45) is 0 Å². The van der Waals surface area contributed by atoms with Gasteiger partial charge in [-0.05, 0) is 39.5 Å². The van der Waals surface area contributed by atoms with Gasteiger partial charge in [-0.2, -0.15) is 0 Å². The first-order valence-corrected chi connectivity index (χ1v) is 5.95. The molecule has 2 saturated heterocycles. The molecule has 0 aromatic heterocycles. The van der Waals surface area contributed by atoms with Crippen molar-refractivity contribution in [1.82, 2.24) is 4.90 Å². The van der Waals surface area contributed by atoms with Crippen LogP contribution in [0, 0.1) is 0 Å². The second-order valence-corrected chi connectivity index (χ2v) is 5.02. The number of ketones is 1. The van der Waals surface area contributed by atoms with Crippen LogP contribution < -0.4 is 0 Å². The molecule has 2 rings (SSSR count). The molecule has 3 atom stereocenters. The van der Waals surface area contributed by atoms with Crippen LogP contribution in [0.5, 0.6) is 0 Å². The molecule has 0 saturated carbocycles. The maximum atomic E-state index is 11.1. The molecule has 80 valence electrons. The molecular formula is C12H21NO. The molecule has 2 bridgehead atoms. The number of carbonyl (C=O) groups excluding carboxylic acids is 1. The maximum absolute atomic E-state index is 11.1. The summed E-state index contributed by atoms with van der Waals surface area (Å²) in [5.41, 5.74) is 0. The number of piperidine rings is 1. The van der Waals surface area contributed by atoms with E-state index < -0.39 is 0 Å². The molecule has 0 N–H and O–H groups in total. The normalized spacial score (nSPS) is 34.4. The van der Waals surface area contributed by atoms with E-state index in [1.54, 1.807) is 6.92 Å². The van der Waals surface area contributed by atoms with E-state index in [-0.39, 0.29) is 0 Å². The van der Waals surface area contributed by atoms with Crippen LogP contribution in [0.3, 0.4) is 0 Å². The van der Waals surface area contributed by atoms with E-state index in [2.05, 4.69) is 11.8 Å². The number of carbonyl (C=O) groups is 1. The summed E-state index contributed by atoms with van der Waals surface area (Å²) in [6.07, 6.45) is 7.60. The zero-order valence-electron chi connectivity index (χ0n) is 9.33. The summed E-state index contributed by atoms with van der Waals surface area (Å²) >= 11 is 0. The summed E-state index contributed by atoms with van der Waals surface area (Å²) in [5.74, 6) is 0.336. The fourth-order valence-corrected chi connectivity index (χ4v) is 3.40. The first-order valence-electron chi connectivity index (χ1n) is 5.95. The van der Waals surface area contributed by atoms with Gasteiger partial charge in [0.2, 0.25) is 0 Å². The van der Waals surface area contributed by atoms with E-state index in [9.17, 15) is 4.79 Å². The molecular weight excluding hydrogens is 174 g/mol. The number of hydrogen-bond acceptors (Lipinski definition) is 2. The lowest BCUT2D eigenvalue weighted by Crippen LogP contribution is -2.45. The third-order valence-corrected chi connectivity index (χ3v) is 3.84. The highest BCUT2D eigenvalue weighted by Crippen LogP contribution is 2.37. The molecule has 0 aromatic rings. The van der Waals surface area contributed by atoms with Gasteiger partial charge in [0.15, 0.2) is 0 Å². The van der Waals surface area contributed by atoms with Crippen molar-refractivity contribution < 1.29 is 4.79 Å². The van der Waals surface area contributed by atoms with E-state index in [0.29, 0.717) is 11.8 Å². The fraction of sp³-hybridized carbons (Fsp3) is 0.917. The van der Waals surface area contributed by atoms with Crippen LogP contribution in [0.25, 0.3) is 0 Å². The van der Waals surface area contributed by atoms with Crippen molar-refractivity contribution in [3.05, 3.63) is 0 Å².